The van der Waals surface area contributed by atoms with E-state index in [9.17, 15) is 0 Å². The fourth-order valence-electron chi connectivity index (χ4n) is 2.07. The number of nitrogens with one attached hydrogen (secondary N) is 1. The van der Waals surface area contributed by atoms with Crippen molar-refractivity contribution < 1.29 is 0 Å². The Kier molecular flexibility index (Phi) is 2.49. The number of aryl methyl sites for hydroxylation is 1. The van der Waals surface area contributed by atoms with Crippen molar-refractivity contribution >= 4 is 11.3 Å². The molecule has 3 heterocycles. The van der Waals surface area contributed by atoms with Gasteiger partial charge in [-0.2, -0.15) is 0 Å². The van der Waals surface area contributed by atoms with Gasteiger partial charge in [-0.05, 0) is 23.4 Å². The molecule has 1 N–H and O–H groups in total. The monoisotopic (exact) mass is 234 g/mol. The Morgan fingerprint density at radius 1 is 1.50 bits per heavy atom. The standard InChI is InChI=1S/C11H14N4S/c1-2-8-3-6-16-10(8)11-14-13-9-7-12-4-5-15(9)11/h3,6,12H,2,4-5,7H2,1H3. The lowest BCUT2D eigenvalue weighted by Crippen LogP contribution is -2.28. The van der Waals surface area contributed by atoms with Crippen LogP contribution in [0.15, 0.2) is 11.4 Å². The predicted molar refractivity (Wildman–Crippen MR) is 64.4 cm³/mol. The van der Waals surface area contributed by atoms with E-state index >= 15 is 0 Å². The van der Waals surface area contributed by atoms with Crippen LogP contribution in [0.3, 0.4) is 0 Å². The van der Waals surface area contributed by atoms with Gasteiger partial charge < -0.3 is 9.88 Å². The van der Waals surface area contributed by atoms with E-state index in [-0.39, 0.29) is 0 Å². The molecule has 2 aromatic heterocycles. The fraction of sp³-hybridized carbons (Fsp3) is 0.455. The van der Waals surface area contributed by atoms with Gasteiger partial charge in [0.15, 0.2) is 5.82 Å². The van der Waals surface area contributed by atoms with Crippen LogP contribution >= 0.6 is 11.3 Å². The summed E-state index contributed by atoms with van der Waals surface area (Å²) in [7, 11) is 0. The molecule has 0 bridgehead atoms. The third-order valence-corrected chi connectivity index (χ3v) is 3.91. The molecule has 0 unspecified atom stereocenters. The van der Waals surface area contributed by atoms with E-state index in [4.69, 9.17) is 0 Å². The molecule has 1 aliphatic rings. The van der Waals surface area contributed by atoms with Crippen LogP contribution in [0.25, 0.3) is 10.7 Å². The molecule has 0 spiro atoms. The molecule has 3 rings (SSSR count). The van der Waals surface area contributed by atoms with Gasteiger partial charge in [-0.15, -0.1) is 21.5 Å². The Balaban J connectivity index is 2.09. The normalized spacial score (nSPS) is 15.1. The lowest BCUT2D eigenvalue weighted by Gasteiger charge is -2.15. The summed E-state index contributed by atoms with van der Waals surface area (Å²) in [6, 6.07) is 2.18. The van der Waals surface area contributed by atoms with Crippen LogP contribution < -0.4 is 5.32 Å². The highest BCUT2D eigenvalue weighted by Crippen LogP contribution is 2.29. The van der Waals surface area contributed by atoms with E-state index < -0.39 is 0 Å². The number of nitrogens with zero attached hydrogens (tertiary/aromatic N) is 3. The van der Waals surface area contributed by atoms with Crippen LogP contribution in [0, 0.1) is 0 Å². The van der Waals surface area contributed by atoms with Gasteiger partial charge in [0.1, 0.15) is 5.82 Å². The zero-order chi connectivity index (χ0) is 11.0. The first-order valence-electron chi connectivity index (χ1n) is 5.59. The fourth-order valence-corrected chi connectivity index (χ4v) is 3.06. The Labute approximate surface area is 98.3 Å². The first kappa shape index (κ1) is 9.99. The van der Waals surface area contributed by atoms with E-state index in [0.717, 1.165) is 37.7 Å². The van der Waals surface area contributed by atoms with Gasteiger partial charge in [-0.25, -0.2) is 0 Å². The van der Waals surface area contributed by atoms with Crippen molar-refractivity contribution in [1.29, 1.82) is 0 Å². The molecular formula is C11H14N4S. The average molecular weight is 234 g/mol. The van der Waals surface area contributed by atoms with E-state index in [2.05, 4.69) is 38.5 Å². The summed E-state index contributed by atoms with van der Waals surface area (Å²) in [5.74, 6) is 2.10. The number of hydrogen-bond acceptors (Lipinski definition) is 4. The number of thiophene rings is 1. The molecule has 0 aromatic carbocycles. The summed E-state index contributed by atoms with van der Waals surface area (Å²) in [6.07, 6.45) is 1.05. The van der Waals surface area contributed by atoms with E-state index in [0.29, 0.717) is 0 Å². The summed E-state index contributed by atoms with van der Waals surface area (Å²) in [5, 5.41) is 14.0. The highest BCUT2D eigenvalue weighted by molar-refractivity contribution is 7.13. The maximum atomic E-state index is 4.33. The Morgan fingerprint density at radius 2 is 2.44 bits per heavy atom. The largest absolute Gasteiger partial charge is 0.308 e. The third kappa shape index (κ3) is 1.47. The predicted octanol–water partition coefficient (Wildman–Crippen LogP) is 1.67. The second-order valence-electron chi connectivity index (χ2n) is 3.90. The van der Waals surface area contributed by atoms with Gasteiger partial charge in [0.25, 0.3) is 0 Å². The van der Waals surface area contributed by atoms with Crippen molar-refractivity contribution in [2.45, 2.75) is 26.4 Å². The van der Waals surface area contributed by atoms with E-state index in [1.807, 2.05) is 0 Å². The summed E-state index contributed by atoms with van der Waals surface area (Å²) in [6.45, 7) is 4.99. The highest BCUT2D eigenvalue weighted by atomic mass is 32.1. The quantitative estimate of drug-likeness (QED) is 0.859. The Bertz CT molecular complexity index is 500. The minimum Gasteiger partial charge on any atom is -0.308 e. The lowest BCUT2D eigenvalue weighted by atomic mass is 10.2. The molecule has 0 saturated carbocycles. The van der Waals surface area contributed by atoms with Crippen molar-refractivity contribution in [1.82, 2.24) is 20.1 Å². The molecule has 0 fully saturated rings. The van der Waals surface area contributed by atoms with Gasteiger partial charge in [0, 0.05) is 13.1 Å². The van der Waals surface area contributed by atoms with Crippen molar-refractivity contribution in [3.05, 3.63) is 22.8 Å². The topological polar surface area (TPSA) is 42.7 Å². The third-order valence-electron chi connectivity index (χ3n) is 2.95. The van der Waals surface area contributed by atoms with Crippen LogP contribution in [0.2, 0.25) is 0 Å². The van der Waals surface area contributed by atoms with Crippen LogP contribution in [0.5, 0.6) is 0 Å². The van der Waals surface area contributed by atoms with Crippen LogP contribution in [0.1, 0.15) is 18.3 Å². The maximum absolute atomic E-state index is 4.33. The zero-order valence-electron chi connectivity index (χ0n) is 9.23. The first-order valence-corrected chi connectivity index (χ1v) is 6.47. The summed E-state index contributed by atoms with van der Waals surface area (Å²) in [4.78, 5) is 1.28. The van der Waals surface area contributed by atoms with E-state index in [1.165, 1.54) is 10.4 Å². The number of hydrogen-bond donors (Lipinski definition) is 1. The maximum Gasteiger partial charge on any atom is 0.174 e. The van der Waals surface area contributed by atoms with Crippen LogP contribution in [-0.4, -0.2) is 21.3 Å². The molecule has 5 heteroatoms. The lowest BCUT2D eigenvalue weighted by molar-refractivity contribution is 0.508. The van der Waals surface area contributed by atoms with Gasteiger partial charge in [0.2, 0.25) is 0 Å². The molecular weight excluding hydrogens is 220 g/mol. The first-order chi connectivity index (χ1) is 7.90. The van der Waals surface area contributed by atoms with Crippen LogP contribution in [0.4, 0.5) is 0 Å². The molecule has 0 aliphatic carbocycles. The van der Waals surface area contributed by atoms with Crippen LogP contribution in [-0.2, 0) is 19.5 Å². The molecule has 16 heavy (non-hydrogen) atoms. The molecule has 1 aliphatic heterocycles. The van der Waals surface area contributed by atoms with Crippen molar-refractivity contribution in [2.24, 2.45) is 0 Å². The zero-order valence-corrected chi connectivity index (χ0v) is 10.0. The average Bonchev–Trinajstić information content (AvgIpc) is 2.94. The van der Waals surface area contributed by atoms with Gasteiger partial charge >= 0.3 is 0 Å². The molecule has 2 aromatic rings. The van der Waals surface area contributed by atoms with Crippen molar-refractivity contribution in [2.75, 3.05) is 6.54 Å². The summed E-state index contributed by atoms with van der Waals surface area (Å²) < 4.78 is 2.24. The Morgan fingerprint density at radius 3 is 3.31 bits per heavy atom. The Hall–Kier alpha value is -1.20. The molecule has 0 radical (unpaired) electrons. The minimum absolute atomic E-state index is 0.833. The second kappa shape index (κ2) is 3.99. The minimum atomic E-state index is 0.833. The highest BCUT2D eigenvalue weighted by Gasteiger charge is 2.18. The smallest absolute Gasteiger partial charge is 0.174 e. The SMILES string of the molecule is CCc1ccsc1-c1nnc2n1CCNC2. The number of fused-ring (bicyclic) bond motifs is 1. The van der Waals surface area contributed by atoms with E-state index in [1.54, 1.807) is 11.3 Å². The number of aromatic nitrogens is 3. The molecule has 0 saturated heterocycles. The number of rotatable bonds is 2. The van der Waals surface area contributed by atoms with Gasteiger partial charge in [-0.1, -0.05) is 6.92 Å². The molecule has 0 amide bonds. The second-order valence-corrected chi connectivity index (χ2v) is 4.81. The summed E-state index contributed by atoms with van der Waals surface area (Å²) in [5.41, 5.74) is 1.37. The molecule has 4 nitrogen and oxygen atoms in total. The van der Waals surface area contributed by atoms with Gasteiger partial charge in [0.05, 0.1) is 11.4 Å². The van der Waals surface area contributed by atoms with Gasteiger partial charge in [-0.3, -0.25) is 0 Å². The molecule has 0 atom stereocenters. The van der Waals surface area contributed by atoms with Crippen molar-refractivity contribution in [3.63, 3.8) is 0 Å². The van der Waals surface area contributed by atoms with Crippen molar-refractivity contribution in [3.8, 4) is 10.7 Å². The summed E-state index contributed by atoms with van der Waals surface area (Å²) >= 11 is 1.76. The molecule has 84 valence electrons.